The molecule has 0 aliphatic carbocycles. The van der Waals surface area contributed by atoms with Crippen molar-refractivity contribution in [3.05, 3.63) is 28.8 Å². The van der Waals surface area contributed by atoms with Crippen LogP contribution in [0.15, 0.2) is 12.1 Å². The standard InChI is InChI=1S/C19H30O3/c1-8-22-17(21)10-9-14-15(18(2,3)4)11-13(20)12-16(14)19(5,6)7/h11-12,20H,8-10H2,1-7H3. The molecule has 0 saturated carbocycles. The highest BCUT2D eigenvalue weighted by Gasteiger charge is 2.26. The van der Waals surface area contributed by atoms with E-state index in [1.807, 2.05) is 19.1 Å². The molecule has 3 heteroatoms. The molecule has 0 spiro atoms. The molecule has 0 atom stereocenters. The van der Waals surface area contributed by atoms with E-state index in [2.05, 4.69) is 41.5 Å². The highest BCUT2D eigenvalue weighted by Crippen LogP contribution is 2.37. The lowest BCUT2D eigenvalue weighted by atomic mass is 9.75. The highest BCUT2D eigenvalue weighted by molar-refractivity contribution is 5.70. The number of phenols is 1. The zero-order chi connectivity index (χ0) is 17.1. The third kappa shape index (κ3) is 4.75. The first-order valence-corrected chi connectivity index (χ1v) is 7.99. The van der Waals surface area contributed by atoms with Gasteiger partial charge in [0, 0.05) is 6.42 Å². The SMILES string of the molecule is CCOC(=O)CCc1c(C(C)(C)C)cc(O)cc1C(C)(C)C. The summed E-state index contributed by atoms with van der Waals surface area (Å²) in [6.07, 6.45) is 1.00. The van der Waals surface area contributed by atoms with Crippen molar-refractivity contribution >= 4 is 5.97 Å². The Hall–Kier alpha value is -1.51. The molecule has 0 aromatic heterocycles. The summed E-state index contributed by atoms with van der Waals surface area (Å²) in [5.74, 6) is 0.116. The van der Waals surface area contributed by atoms with Crippen LogP contribution in [0.25, 0.3) is 0 Å². The minimum atomic E-state index is -0.171. The lowest BCUT2D eigenvalue weighted by molar-refractivity contribution is -0.143. The molecule has 0 fully saturated rings. The molecular weight excluding hydrogens is 276 g/mol. The van der Waals surface area contributed by atoms with Crippen LogP contribution in [0.1, 0.15) is 71.6 Å². The van der Waals surface area contributed by atoms with E-state index in [0.717, 1.165) is 16.7 Å². The fraction of sp³-hybridized carbons (Fsp3) is 0.632. The first-order chi connectivity index (χ1) is 9.96. The van der Waals surface area contributed by atoms with Crippen molar-refractivity contribution in [3.63, 3.8) is 0 Å². The maximum absolute atomic E-state index is 11.7. The summed E-state index contributed by atoms with van der Waals surface area (Å²) in [4.78, 5) is 11.7. The van der Waals surface area contributed by atoms with Gasteiger partial charge >= 0.3 is 5.97 Å². The number of hydrogen-bond acceptors (Lipinski definition) is 3. The lowest BCUT2D eigenvalue weighted by Gasteiger charge is -2.30. The number of esters is 1. The van der Waals surface area contributed by atoms with Crippen LogP contribution in [0.3, 0.4) is 0 Å². The summed E-state index contributed by atoms with van der Waals surface area (Å²) in [6.45, 7) is 15.0. The summed E-state index contributed by atoms with van der Waals surface area (Å²) >= 11 is 0. The molecule has 0 aliphatic rings. The van der Waals surface area contributed by atoms with Gasteiger partial charge in [0.1, 0.15) is 5.75 Å². The van der Waals surface area contributed by atoms with Crippen LogP contribution in [0.2, 0.25) is 0 Å². The molecule has 124 valence electrons. The predicted octanol–water partition coefficient (Wildman–Crippen LogP) is 4.48. The van der Waals surface area contributed by atoms with E-state index in [1.165, 1.54) is 0 Å². The van der Waals surface area contributed by atoms with Crippen LogP contribution >= 0.6 is 0 Å². The number of carbonyl (C=O) groups excluding carboxylic acids is 1. The highest BCUT2D eigenvalue weighted by atomic mass is 16.5. The van der Waals surface area contributed by atoms with Crippen LogP contribution in [0.5, 0.6) is 5.75 Å². The van der Waals surface area contributed by atoms with Crippen molar-refractivity contribution in [1.29, 1.82) is 0 Å². The topological polar surface area (TPSA) is 46.5 Å². The summed E-state index contributed by atoms with van der Waals surface area (Å²) in [6, 6.07) is 3.66. The first-order valence-electron chi connectivity index (χ1n) is 7.99. The van der Waals surface area contributed by atoms with Crippen molar-refractivity contribution in [3.8, 4) is 5.75 Å². The van der Waals surface area contributed by atoms with Crippen molar-refractivity contribution in [2.45, 2.75) is 72.1 Å². The summed E-state index contributed by atoms with van der Waals surface area (Å²) in [5.41, 5.74) is 3.17. The number of ether oxygens (including phenoxy) is 1. The molecule has 0 amide bonds. The Bertz CT molecular complexity index is 496. The monoisotopic (exact) mass is 306 g/mol. The number of phenolic OH excluding ortho intramolecular Hbond substituents is 1. The molecular formula is C19H30O3. The van der Waals surface area contributed by atoms with Gasteiger partial charge in [-0.1, -0.05) is 41.5 Å². The Kier molecular flexibility index (Phi) is 5.66. The summed E-state index contributed by atoms with van der Waals surface area (Å²) in [5, 5.41) is 10.1. The van der Waals surface area contributed by atoms with Gasteiger partial charge in [-0.05, 0) is 53.0 Å². The zero-order valence-electron chi connectivity index (χ0n) is 15.0. The first kappa shape index (κ1) is 18.5. The normalized spacial score (nSPS) is 12.3. The molecule has 0 radical (unpaired) electrons. The molecule has 0 saturated heterocycles. The van der Waals surface area contributed by atoms with Crippen LogP contribution < -0.4 is 0 Å². The predicted molar refractivity (Wildman–Crippen MR) is 90.5 cm³/mol. The van der Waals surface area contributed by atoms with E-state index < -0.39 is 0 Å². The van der Waals surface area contributed by atoms with E-state index in [0.29, 0.717) is 19.4 Å². The van der Waals surface area contributed by atoms with Crippen molar-refractivity contribution in [2.75, 3.05) is 6.61 Å². The fourth-order valence-electron chi connectivity index (χ4n) is 2.72. The van der Waals surface area contributed by atoms with Gasteiger partial charge < -0.3 is 9.84 Å². The Labute approximate surface area is 134 Å². The molecule has 1 aromatic carbocycles. The van der Waals surface area contributed by atoms with Crippen LogP contribution in [-0.4, -0.2) is 17.7 Å². The Morgan fingerprint density at radius 3 is 1.86 bits per heavy atom. The molecule has 22 heavy (non-hydrogen) atoms. The number of hydrogen-bond donors (Lipinski definition) is 1. The van der Waals surface area contributed by atoms with Crippen molar-refractivity contribution in [2.24, 2.45) is 0 Å². The second-order valence-corrected chi connectivity index (χ2v) is 7.82. The van der Waals surface area contributed by atoms with Crippen LogP contribution in [0, 0.1) is 0 Å². The van der Waals surface area contributed by atoms with Gasteiger partial charge in [-0.25, -0.2) is 0 Å². The van der Waals surface area contributed by atoms with E-state index in [9.17, 15) is 9.90 Å². The number of aromatic hydroxyl groups is 1. The van der Waals surface area contributed by atoms with Gasteiger partial charge in [-0.2, -0.15) is 0 Å². The third-order valence-corrected chi connectivity index (χ3v) is 3.74. The van der Waals surface area contributed by atoms with Gasteiger partial charge in [0.25, 0.3) is 0 Å². The maximum Gasteiger partial charge on any atom is 0.306 e. The molecule has 3 nitrogen and oxygen atoms in total. The van der Waals surface area contributed by atoms with Crippen molar-refractivity contribution in [1.82, 2.24) is 0 Å². The Morgan fingerprint density at radius 2 is 1.50 bits per heavy atom. The van der Waals surface area contributed by atoms with Crippen LogP contribution in [-0.2, 0) is 26.8 Å². The van der Waals surface area contributed by atoms with Crippen molar-refractivity contribution < 1.29 is 14.6 Å². The van der Waals surface area contributed by atoms with Gasteiger partial charge in [0.2, 0.25) is 0 Å². The maximum atomic E-state index is 11.7. The summed E-state index contributed by atoms with van der Waals surface area (Å²) < 4.78 is 5.05. The molecule has 1 N–H and O–H groups in total. The van der Waals surface area contributed by atoms with E-state index in [1.54, 1.807) is 0 Å². The van der Waals surface area contributed by atoms with E-state index in [4.69, 9.17) is 4.74 Å². The quantitative estimate of drug-likeness (QED) is 0.834. The third-order valence-electron chi connectivity index (χ3n) is 3.74. The minimum Gasteiger partial charge on any atom is -0.508 e. The fourth-order valence-corrected chi connectivity index (χ4v) is 2.72. The average molecular weight is 306 g/mol. The average Bonchev–Trinajstić information content (AvgIpc) is 2.34. The zero-order valence-corrected chi connectivity index (χ0v) is 15.0. The number of carbonyl (C=O) groups is 1. The molecule has 0 unspecified atom stereocenters. The van der Waals surface area contributed by atoms with E-state index in [-0.39, 0.29) is 22.5 Å². The molecule has 0 aliphatic heterocycles. The van der Waals surface area contributed by atoms with Gasteiger partial charge in [0.15, 0.2) is 0 Å². The Balaban J connectivity index is 3.33. The molecule has 1 aromatic rings. The Morgan fingerprint density at radius 1 is 1.05 bits per heavy atom. The second-order valence-electron chi connectivity index (χ2n) is 7.82. The smallest absolute Gasteiger partial charge is 0.306 e. The molecule has 1 rings (SSSR count). The van der Waals surface area contributed by atoms with Crippen LogP contribution in [0.4, 0.5) is 0 Å². The van der Waals surface area contributed by atoms with E-state index >= 15 is 0 Å². The molecule has 0 bridgehead atoms. The number of rotatable bonds is 4. The van der Waals surface area contributed by atoms with Gasteiger partial charge in [-0.3, -0.25) is 4.79 Å². The van der Waals surface area contributed by atoms with Gasteiger partial charge in [-0.15, -0.1) is 0 Å². The number of benzene rings is 1. The lowest BCUT2D eigenvalue weighted by Crippen LogP contribution is -2.22. The van der Waals surface area contributed by atoms with Gasteiger partial charge in [0.05, 0.1) is 6.61 Å². The minimum absolute atomic E-state index is 0.0945. The largest absolute Gasteiger partial charge is 0.508 e. The second kappa shape index (κ2) is 6.72. The summed E-state index contributed by atoms with van der Waals surface area (Å²) in [7, 11) is 0. The molecule has 0 heterocycles.